The van der Waals surface area contributed by atoms with Crippen LogP contribution in [0.3, 0.4) is 0 Å². The minimum Gasteiger partial charge on any atom is -0.497 e. The molecule has 2 unspecified atom stereocenters. The molecule has 0 radical (unpaired) electrons. The zero-order valence-electron chi connectivity index (χ0n) is 12.6. The number of carbonyl (C=O) groups is 1. The summed E-state index contributed by atoms with van der Waals surface area (Å²) in [6.45, 7) is 2.18. The van der Waals surface area contributed by atoms with Gasteiger partial charge in [-0.2, -0.15) is 0 Å². The summed E-state index contributed by atoms with van der Waals surface area (Å²) in [5, 5.41) is 3.02. The third-order valence-electron chi connectivity index (χ3n) is 4.61. The largest absolute Gasteiger partial charge is 0.497 e. The number of nitrogens with one attached hydrogen (secondary N) is 1. The molecule has 5 heteroatoms. The summed E-state index contributed by atoms with van der Waals surface area (Å²) in [7, 11) is 3.21. The topological polar surface area (TPSA) is 50.8 Å². The van der Waals surface area contributed by atoms with Crippen molar-refractivity contribution in [1.82, 2.24) is 4.90 Å². The van der Waals surface area contributed by atoms with Crippen LogP contribution >= 0.6 is 0 Å². The van der Waals surface area contributed by atoms with Crippen LogP contribution in [-0.4, -0.2) is 44.2 Å². The number of methoxy groups -OCH3 is 2. The first-order valence-corrected chi connectivity index (χ1v) is 7.50. The molecular weight excluding hydrogens is 268 g/mol. The molecule has 2 fully saturated rings. The number of amides is 1. The summed E-state index contributed by atoms with van der Waals surface area (Å²) < 4.78 is 10.5. The summed E-state index contributed by atoms with van der Waals surface area (Å²) in [4.78, 5) is 15.0. The van der Waals surface area contributed by atoms with Gasteiger partial charge in [-0.15, -0.1) is 0 Å². The number of fused-ring (bicyclic) bond motifs is 1. The number of nitrogens with zero attached hydrogens (tertiary/aromatic N) is 1. The highest BCUT2D eigenvalue weighted by Gasteiger charge is 2.41. The number of anilines is 1. The third-order valence-corrected chi connectivity index (χ3v) is 4.61. The monoisotopic (exact) mass is 290 g/mol. The fourth-order valence-electron chi connectivity index (χ4n) is 3.53. The Balaban J connectivity index is 1.75. The van der Waals surface area contributed by atoms with Crippen molar-refractivity contribution in [2.75, 3.05) is 32.6 Å². The summed E-state index contributed by atoms with van der Waals surface area (Å²) in [5.74, 6) is 1.55. The molecule has 1 aromatic rings. The molecule has 2 heterocycles. The molecule has 0 aliphatic carbocycles. The lowest BCUT2D eigenvalue weighted by atomic mass is 9.97. The zero-order chi connectivity index (χ0) is 14.8. The van der Waals surface area contributed by atoms with Crippen LogP contribution in [0.25, 0.3) is 0 Å². The minimum atomic E-state index is 0.0865. The fraction of sp³-hybridized carbons (Fsp3) is 0.562. The number of carbonyl (C=O) groups excluding carboxylic acids is 1. The number of ether oxygens (including phenoxy) is 2. The van der Waals surface area contributed by atoms with Crippen molar-refractivity contribution in [3.05, 3.63) is 18.2 Å². The average molecular weight is 290 g/mol. The van der Waals surface area contributed by atoms with Crippen LogP contribution in [0.5, 0.6) is 11.5 Å². The van der Waals surface area contributed by atoms with E-state index in [1.54, 1.807) is 20.3 Å². The second kappa shape index (κ2) is 5.93. The van der Waals surface area contributed by atoms with Gasteiger partial charge in [-0.1, -0.05) is 0 Å². The molecule has 0 spiro atoms. The number of rotatable bonds is 4. The first-order chi connectivity index (χ1) is 10.2. The lowest BCUT2D eigenvalue weighted by Gasteiger charge is -2.20. The molecule has 2 aliphatic heterocycles. The van der Waals surface area contributed by atoms with Gasteiger partial charge in [0.2, 0.25) is 5.91 Å². The molecule has 1 amide bonds. The van der Waals surface area contributed by atoms with Crippen LogP contribution in [0.1, 0.15) is 19.3 Å². The van der Waals surface area contributed by atoms with Gasteiger partial charge in [-0.25, -0.2) is 0 Å². The van der Waals surface area contributed by atoms with Gasteiger partial charge in [0.05, 0.1) is 25.8 Å². The van der Waals surface area contributed by atoms with Crippen molar-refractivity contribution in [1.29, 1.82) is 0 Å². The predicted octanol–water partition coefficient (Wildman–Crippen LogP) is 2.13. The number of hydrogen-bond acceptors (Lipinski definition) is 4. The van der Waals surface area contributed by atoms with Crippen molar-refractivity contribution in [3.63, 3.8) is 0 Å². The Hall–Kier alpha value is -1.75. The van der Waals surface area contributed by atoms with Crippen LogP contribution < -0.4 is 14.8 Å². The van der Waals surface area contributed by atoms with Crippen molar-refractivity contribution in [3.8, 4) is 11.5 Å². The predicted molar refractivity (Wildman–Crippen MR) is 80.9 cm³/mol. The van der Waals surface area contributed by atoms with E-state index >= 15 is 0 Å². The third kappa shape index (κ3) is 2.70. The van der Waals surface area contributed by atoms with Crippen molar-refractivity contribution in [2.24, 2.45) is 5.92 Å². The minimum absolute atomic E-state index is 0.0865. The first kappa shape index (κ1) is 14.2. The Kier molecular flexibility index (Phi) is 4.01. The van der Waals surface area contributed by atoms with Crippen LogP contribution in [0.2, 0.25) is 0 Å². The molecule has 3 rings (SSSR count). The van der Waals surface area contributed by atoms with Gasteiger partial charge in [0, 0.05) is 12.1 Å². The van der Waals surface area contributed by atoms with Crippen LogP contribution in [0.4, 0.5) is 5.69 Å². The fourth-order valence-corrected chi connectivity index (χ4v) is 3.53. The lowest BCUT2D eigenvalue weighted by molar-refractivity contribution is -0.120. The lowest BCUT2D eigenvalue weighted by Crippen LogP contribution is -2.33. The molecular formula is C16H22N2O3. The van der Waals surface area contributed by atoms with E-state index in [1.165, 1.54) is 6.42 Å². The Morgan fingerprint density at radius 3 is 2.86 bits per heavy atom. The first-order valence-electron chi connectivity index (χ1n) is 7.50. The highest BCUT2D eigenvalue weighted by Crippen LogP contribution is 2.35. The average Bonchev–Trinajstić information content (AvgIpc) is 3.09. The Bertz CT molecular complexity index is 532. The smallest absolute Gasteiger partial charge is 0.229 e. The van der Waals surface area contributed by atoms with Gasteiger partial charge < -0.3 is 14.8 Å². The normalized spacial score (nSPS) is 24.7. The van der Waals surface area contributed by atoms with Crippen molar-refractivity contribution < 1.29 is 14.3 Å². The van der Waals surface area contributed by atoms with Gasteiger partial charge in [-0.3, -0.25) is 9.69 Å². The second-order valence-electron chi connectivity index (χ2n) is 5.70. The Morgan fingerprint density at radius 1 is 1.24 bits per heavy atom. The van der Waals surface area contributed by atoms with Crippen LogP contribution in [0, 0.1) is 5.92 Å². The molecule has 1 N–H and O–H groups in total. The Labute approximate surface area is 125 Å². The number of hydrogen-bond donors (Lipinski definition) is 1. The molecule has 5 nitrogen and oxygen atoms in total. The number of benzene rings is 1. The van der Waals surface area contributed by atoms with Crippen LogP contribution in [0.15, 0.2) is 18.2 Å². The summed E-state index contributed by atoms with van der Waals surface area (Å²) in [5.41, 5.74) is 0.679. The maximum Gasteiger partial charge on any atom is 0.229 e. The quantitative estimate of drug-likeness (QED) is 0.923. The highest BCUT2D eigenvalue weighted by molar-refractivity contribution is 5.94. The maximum atomic E-state index is 12.6. The van der Waals surface area contributed by atoms with E-state index < -0.39 is 0 Å². The van der Waals surface area contributed by atoms with Gasteiger partial charge in [0.25, 0.3) is 0 Å². The van der Waals surface area contributed by atoms with Crippen LogP contribution in [-0.2, 0) is 4.79 Å². The van der Waals surface area contributed by atoms with E-state index in [1.807, 2.05) is 12.1 Å². The molecule has 2 aliphatic rings. The molecule has 2 atom stereocenters. The van der Waals surface area contributed by atoms with Gasteiger partial charge in [-0.05, 0) is 44.5 Å². The van der Waals surface area contributed by atoms with Gasteiger partial charge in [0.1, 0.15) is 11.5 Å². The molecule has 0 bridgehead atoms. The summed E-state index contributed by atoms with van der Waals surface area (Å²) >= 11 is 0. The van der Waals surface area contributed by atoms with Crippen molar-refractivity contribution in [2.45, 2.75) is 25.3 Å². The zero-order valence-corrected chi connectivity index (χ0v) is 12.6. The van der Waals surface area contributed by atoms with E-state index in [0.29, 0.717) is 23.2 Å². The second-order valence-corrected chi connectivity index (χ2v) is 5.70. The van der Waals surface area contributed by atoms with Gasteiger partial charge >= 0.3 is 0 Å². The van der Waals surface area contributed by atoms with E-state index in [9.17, 15) is 4.79 Å². The molecule has 0 saturated carbocycles. The molecule has 1 aromatic carbocycles. The van der Waals surface area contributed by atoms with Gasteiger partial charge in [0.15, 0.2) is 0 Å². The van der Waals surface area contributed by atoms with E-state index in [2.05, 4.69) is 10.2 Å². The molecule has 2 saturated heterocycles. The van der Waals surface area contributed by atoms with E-state index in [-0.39, 0.29) is 11.8 Å². The molecule has 21 heavy (non-hydrogen) atoms. The highest BCUT2D eigenvalue weighted by atomic mass is 16.5. The molecule has 114 valence electrons. The maximum absolute atomic E-state index is 12.6. The van der Waals surface area contributed by atoms with E-state index in [4.69, 9.17) is 9.47 Å². The molecule has 0 aromatic heterocycles. The summed E-state index contributed by atoms with van der Waals surface area (Å²) in [6, 6.07) is 5.85. The SMILES string of the molecule is COc1ccc(OC)c(NC(=O)C2CCN3CCCC23)c1. The summed E-state index contributed by atoms with van der Waals surface area (Å²) in [6.07, 6.45) is 3.28. The standard InChI is InChI=1S/C16H22N2O3/c1-20-11-5-6-15(21-2)13(10-11)17-16(19)12-7-9-18-8-3-4-14(12)18/h5-6,10,12,14H,3-4,7-9H2,1-2H3,(H,17,19). The Morgan fingerprint density at radius 2 is 2.10 bits per heavy atom. The van der Waals surface area contributed by atoms with Crippen molar-refractivity contribution >= 4 is 11.6 Å². The van der Waals surface area contributed by atoms with E-state index in [0.717, 1.165) is 25.9 Å².